The van der Waals surface area contributed by atoms with Crippen LogP contribution in [0.4, 0.5) is 5.69 Å². The van der Waals surface area contributed by atoms with Gasteiger partial charge in [-0.1, -0.05) is 6.07 Å². The fourth-order valence-corrected chi connectivity index (χ4v) is 2.00. The van der Waals surface area contributed by atoms with E-state index in [1.165, 1.54) is 6.26 Å². The highest BCUT2D eigenvalue weighted by atomic mass is 32.2. The van der Waals surface area contributed by atoms with E-state index in [4.69, 9.17) is 5.11 Å². The predicted octanol–water partition coefficient (Wildman–Crippen LogP) is 0.667. The fraction of sp³-hybridized carbons (Fsp3) is 0.400. The number of nitrogens with one attached hydrogen (secondary N) is 1. The minimum Gasteiger partial charge on any atom is -0.396 e. The summed E-state index contributed by atoms with van der Waals surface area (Å²) in [5.41, 5.74) is 1.65. The molecule has 0 aliphatic heterocycles. The van der Waals surface area contributed by atoms with Crippen molar-refractivity contribution >= 4 is 15.5 Å². The van der Waals surface area contributed by atoms with Crippen molar-refractivity contribution in [3.8, 4) is 0 Å². The van der Waals surface area contributed by atoms with Crippen molar-refractivity contribution in [2.45, 2.75) is 11.3 Å². The molecule has 1 aromatic carbocycles. The van der Waals surface area contributed by atoms with Gasteiger partial charge in [0, 0.05) is 25.6 Å². The predicted molar refractivity (Wildman–Crippen MR) is 59.9 cm³/mol. The summed E-state index contributed by atoms with van der Waals surface area (Å²) in [5, 5.41) is 11.7. The third-order valence-electron chi connectivity index (χ3n) is 2.16. The monoisotopic (exact) mass is 229 g/mol. The minimum atomic E-state index is -3.17. The molecule has 4 nitrogen and oxygen atoms in total. The highest BCUT2D eigenvalue weighted by Gasteiger charge is 2.09. The van der Waals surface area contributed by atoms with E-state index in [0.717, 1.165) is 11.3 Å². The second-order valence-electron chi connectivity index (χ2n) is 3.31. The van der Waals surface area contributed by atoms with Crippen molar-refractivity contribution in [3.63, 3.8) is 0 Å². The molecule has 0 spiro atoms. The summed E-state index contributed by atoms with van der Waals surface area (Å²) in [4.78, 5) is 0.286. The topological polar surface area (TPSA) is 66.4 Å². The van der Waals surface area contributed by atoms with E-state index in [2.05, 4.69) is 5.32 Å². The Morgan fingerprint density at radius 1 is 1.40 bits per heavy atom. The van der Waals surface area contributed by atoms with Gasteiger partial charge < -0.3 is 10.4 Å². The summed E-state index contributed by atoms with van der Waals surface area (Å²) < 4.78 is 22.6. The standard InChI is InChI=1S/C10H15NO3S/c1-11-10-7-9(15(2,13)14)4-3-8(10)5-6-12/h3-4,7,11-12H,5-6H2,1-2H3. The Hall–Kier alpha value is -1.07. The van der Waals surface area contributed by atoms with Gasteiger partial charge in [-0.3, -0.25) is 0 Å². The first-order valence-electron chi connectivity index (χ1n) is 4.60. The van der Waals surface area contributed by atoms with Crippen LogP contribution in [0.1, 0.15) is 5.56 Å². The first-order valence-corrected chi connectivity index (χ1v) is 6.49. The van der Waals surface area contributed by atoms with Gasteiger partial charge in [-0.05, 0) is 24.1 Å². The number of benzene rings is 1. The third-order valence-corrected chi connectivity index (χ3v) is 3.27. The van der Waals surface area contributed by atoms with Crippen molar-refractivity contribution < 1.29 is 13.5 Å². The molecule has 0 aromatic heterocycles. The molecule has 5 heteroatoms. The van der Waals surface area contributed by atoms with Crippen LogP contribution in [0.25, 0.3) is 0 Å². The van der Waals surface area contributed by atoms with E-state index >= 15 is 0 Å². The molecule has 0 unspecified atom stereocenters. The Labute approximate surface area is 89.9 Å². The maximum absolute atomic E-state index is 11.3. The molecular formula is C10H15NO3S. The molecule has 84 valence electrons. The normalized spacial score (nSPS) is 11.4. The van der Waals surface area contributed by atoms with Crippen LogP contribution in [0.2, 0.25) is 0 Å². The number of hydrogen-bond donors (Lipinski definition) is 2. The summed E-state index contributed by atoms with van der Waals surface area (Å²) in [5.74, 6) is 0. The smallest absolute Gasteiger partial charge is 0.175 e. The molecule has 0 aliphatic carbocycles. The molecule has 0 saturated carbocycles. The van der Waals surface area contributed by atoms with Crippen LogP contribution >= 0.6 is 0 Å². The van der Waals surface area contributed by atoms with E-state index < -0.39 is 9.84 Å². The highest BCUT2D eigenvalue weighted by molar-refractivity contribution is 7.90. The maximum atomic E-state index is 11.3. The maximum Gasteiger partial charge on any atom is 0.175 e. The van der Waals surface area contributed by atoms with Crippen molar-refractivity contribution in [3.05, 3.63) is 23.8 Å². The quantitative estimate of drug-likeness (QED) is 0.796. The first-order chi connectivity index (χ1) is 6.99. The SMILES string of the molecule is CNc1cc(S(C)(=O)=O)ccc1CCO. The van der Waals surface area contributed by atoms with Crippen LogP contribution < -0.4 is 5.32 Å². The second kappa shape index (κ2) is 4.63. The zero-order valence-electron chi connectivity index (χ0n) is 8.82. The van der Waals surface area contributed by atoms with Crippen LogP contribution in [0, 0.1) is 0 Å². The summed E-state index contributed by atoms with van der Waals surface area (Å²) in [6, 6.07) is 4.86. The van der Waals surface area contributed by atoms with E-state index in [1.807, 2.05) is 0 Å². The molecule has 0 radical (unpaired) electrons. The molecule has 1 rings (SSSR count). The molecule has 0 bridgehead atoms. The number of aliphatic hydroxyl groups excluding tert-OH is 1. The van der Waals surface area contributed by atoms with Gasteiger partial charge in [0.15, 0.2) is 9.84 Å². The van der Waals surface area contributed by atoms with Gasteiger partial charge in [0.1, 0.15) is 0 Å². The van der Waals surface area contributed by atoms with Gasteiger partial charge in [-0.25, -0.2) is 8.42 Å². The van der Waals surface area contributed by atoms with Crippen molar-refractivity contribution in [2.75, 3.05) is 25.2 Å². The van der Waals surface area contributed by atoms with E-state index in [9.17, 15) is 8.42 Å². The van der Waals surface area contributed by atoms with Crippen molar-refractivity contribution in [1.29, 1.82) is 0 Å². The lowest BCUT2D eigenvalue weighted by Crippen LogP contribution is -2.02. The summed E-state index contributed by atoms with van der Waals surface area (Å²) in [7, 11) is -1.45. The zero-order chi connectivity index (χ0) is 11.5. The van der Waals surface area contributed by atoms with Crippen LogP contribution in [0.5, 0.6) is 0 Å². The minimum absolute atomic E-state index is 0.0485. The molecule has 15 heavy (non-hydrogen) atoms. The molecule has 0 saturated heterocycles. The lowest BCUT2D eigenvalue weighted by molar-refractivity contribution is 0.300. The van der Waals surface area contributed by atoms with Crippen LogP contribution in [0.3, 0.4) is 0 Å². The lowest BCUT2D eigenvalue weighted by atomic mass is 10.1. The van der Waals surface area contributed by atoms with Gasteiger partial charge in [0.05, 0.1) is 4.90 Å². The van der Waals surface area contributed by atoms with Crippen molar-refractivity contribution in [2.24, 2.45) is 0 Å². The average Bonchev–Trinajstić information content (AvgIpc) is 2.17. The number of aliphatic hydroxyl groups is 1. The third kappa shape index (κ3) is 2.94. The Balaban J connectivity index is 3.19. The Morgan fingerprint density at radius 2 is 2.07 bits per heavy atom. The van der Waals surface area contributed by atoms with E-state index in [0.29, 0.717) is 6.42 Å². The Kier molecular flexibility index (Phi) is 3.71. The van der Waals surface area contributed by atoms with Gasteiger partial charge in [-0.15, -0.1) is 0 Å². The van der Waals surface area contributed by atoms with Gasteiger partial charge in [0.2, 0.25) is 0 Å². The molecule has 2 N–H and O–H groups in total. The molecule has 0 atom stereocenters. The zero-order valence-corrected chi connectivity index (χ0v) is 9.63. The van der Waals surface area contributed by atoms with Crippen LogP contribution in [-0.2, 0) is 16.3 Å². The molecule has 1 aromatic rings. The fourth-order valence-electron chi connectivity index (χ4n) is 1.36. The molecular weight excluding hydrogens is 214 g/mol. The largest absolute Gasteiger partial charge is 0.396 e. The number of hydrogen-bond acceptors (Lipinski definition) is 4. The first kappa shape index (κ1) is 12.0. The van der Waals surface area contributed by atoms with E-state index in [1.54, 1.807) is 25.2 Å². The van der Waals surface area contributed by atoms with E-state index in [-0.39, 0.29) is 11.5 Å². The Bertz CT molecular complexity index is 440. The summed E-state index contributed by atoms with van der Waals surface area (Å²) >= 11 is 0. The number of rotatable bonds is 4. The van der Waals surface area contributed by atoms with Gasteiger partial charge >= 0.3 is 0 Å². The van der Waals surface area contributed by atoms with Crippen LogP contribution in [-0.4, -0.2) is 33.4 Å². The van der Waals surface area contributed by atoms with Gasteiger partial charge in [0.25, 0.3) is 0 Å². The molecule has 0 amide bonds. The lowest BCUT2D eigenvalue weighted by Gasteiger charge is -2.09. The highest BCUT2D eigenvalue weighted by Crippen LogP contribution is 2.20. The van der Waals surface area contributed by atoms with Gasteiger partial charge in [-0.2, -0.15) is 0 Å². The second-order valence-corrected chi connectivity index (χ2v) is 5.33. The number of anilines is 1. The molecule has 0 fully saturated rings. The molecule has 0 aliphatic rings. The van der Waals surface area contributed by atoms with Crippen LogP contribution in [0.15, 0.2) is 23.1 Å². The summed E-state index contributed by atoms with van der Waals surface area (Å²) in [6.07, 6.45) is 1.69. The summed E-state index contributed by atoms with van der Waals surface area (Å²) in [6.45, 7) is 0.0485. The average molecular weight is 229 g/mol. The molecule has 0 heterocycles. The Morgan fingerprint density at radius 3 is 2.53 bits per heavy atom. The number of sulfone groups is 1. The van der Waals surface area contributed by atoms with Crippen molar-refractivity contribution in [1.82, 2.24) is 0 Å².